The number of para-hydroxylation sites is 1. The van der Waals surface area contributed by atoms with Gasteiger partial charge in [0.15, 0.2) is 5.13 Å². The molecule has 146 valence electrons. The zero-order chi connectivity index (χ0) is 20.4. The van der Waals surface area contributed by atoms with Crippen LogP contribution in [-0.2, 0) is 0 Å². The van der Waals surface area contributed by atoms with E-state index in [9.17, 15) is 9.59 Å². The van der Waals surface area contributed by atoms with Crippen LogP contribution in [0.3, 0.4) is 0 Å². The molecule has 2 amide bonds. The number of carbonyl (C=O) groups is 2. The Bertz CT molecular complexity index is 1160. The monoisotopic (exact) mass is 421 g/mol. The first-order chi connectivity index (χ1) is 14.1. The summed E-state index contributed by atoms with van der Waals surface area (Å²) >= 11 is 2.90. The molecule has 0 bridgehead atoms. The molecule has 0 unspecified atom stereocenters. The minimum absolute atomic E-state index is 0.111. The summed E-state index contributed by atoms with van der Waals surface area (Å²) in [6.45, 7) is 4.48. The highest BCUT2D eigenvalue weighted by molar-refractivity contribution is 7.22. The van der Waals surface area contributed by atoms with E-state index in [-0.39, 0.29) is 11.8 Å². The highest BCUT2D eigenvalue weighted by atomic mass is 32.1. The van der Waals surface area contributed by atoms with Gasteiger partial charge in [-0.05, 0) is 61.2 Å². The van der Waals surface area contributed by atoms with E-state index in [0.717, 1.165) is 15.8 Å². The van der Waals surface area contributed by atoms with Crippen molar-refractivity contribution < 1.29 is 9.59 Å². The molecule has 0 spiro atoms. The van der Waals surface area contributed by atoms with Crippen molar-refractivity contribution in [2.45, 2.75) is 13.8 Å². The largest absolute Gasteiger partial charge is 0.321 e. The molecule has 7 heteroatoms. The van der Waals surface area contributed by atoms with Crippen molar-refractivity contribution in [3.63, 3.8) is 0 Å². The Morgan fingerprint density at radius 3 is 2.52 bits per heavy atom. The molecular weight excluding hydrogens is 402 g/mol. The highest BCUT2D eigenvalue weighted by Crippen LogP contribution is 2.31. The molecule has 0 radical (unpaired) electrons. The number of thiophene rings is 1. The SMILES string of the molecule is CCN(C(=O)c1ccc(NC(=O)c2cccs2)cc1)c1nc2c(C)cccc2s1. The lowest BCUT2D eigenvalue weighted by Gasteiger charge is -2.17. The molecule has 29 heavy (non-hydrogen) atoms. The number of carbonyl (C=O) groups excluding carboxylic acids is 2. The first kappa shape index (κ1) is 19.3. The van der Waals surface area contributed by atoms with E-state index in [1.54, 1.807) is 35.2 Å². The van der Waals surface area contributed by atoms with Crippen LogP contribution in [0.2, 0.25) is 0 Å². The Labute approximate surface area is 176 Å². The van der Waals surface area contributed by atoms with Crippen molar-refractivity contribution in [1.29, 1.82) is 0 Å². The Hall–Kier alpha value is -3.03. The van der Waals surface area contributed by atoms with Gasteiger partial charge in [-0.25, -0.2) is 4.98 Å². The van der Waals surface area contributed by atoms with Crippen LogP contribution < -0.4 is 10.2 Å². The van der Waals surface area contributed by atoms with Crippen LogP contribution in [0.1, 0.15) is 32.5 Å². The maximum absolute atomic E-state index is 13.1. The normalized spacial score (nSPS) is 10.8. The van der Waals surface area contributed by atoms with Crippen molar-refractivity contribution in [2.75, 3.05) is 16.8 Å². The quantitative estimate of drug-likeness (QED) is 0.457. The Morgan fingerprint density at radius 2 is 1.86 bits per heavy atom. The number of rotatable bonds is 5. The molecule has 0 saturated heterocycles. The number of benzene rings is 2. The van der Waals surface area contributed by atoms with Crippen molar-refractivity contribution in [1.82, 2.24) is 4.98 Å². The molecule has 0 saturated carbocycles. The van der Waals surface area contributed by atoms with Gasteiger partial charge in [-0.15, -0.1) is 11.3 Å². The predicted molar refractivity (Wildman–Crippen MR) is 120 cm³/mol. The molecule has 4 rings (SSSR count). The second-order valence-corrected chi connectivity index (χ2v) is 8.43. The molecule has 0 fully saturated rings. The van der Waals surface area contributed by atoms with Gasteiger partial charge in [0, 0.05) is 17.8 Å². The molecule has 4 aromatic rings. The average Bonchev–Trinajstić information content (AvgIpc) is 3.40. The van der Waals surface area contributed by atoms with Gasteiger partial charge in [-0.1, -0.05) is 29.5 Å². The lowest BCUT2D eigenvalue weighted by molar-refractivity contribution is 0.0987. The van der Waals surface area contributed by atoms with Gasteiger partial charge in [0.25, 0.3) is 11.8 Å². The summed E-state index contributed by atoms with van der Waals surface area (Å²) in [6, 6.07) is 16.6. The molecule has 2 aromatic carbocycles. The van der Waals surface area contributed by atoms with Gasteiger partial charge < -0.3 is 5.32 Å². The maximum Gasteiger partial charge on any atom is 0.265 e. The van der Waals surface area contributed by atoms with Gasteiger partial charge in [0.2, 0.25) is 0 Å². The number of nitrogens with one attached hydrogen (secondary N) is 1. The first-order valence-electron chi connectivity index (χ1n) is 9.19. The van der Waals surface area contributed by atoms with E-state index in [0.29, 0.717) is 27.8 Å². The fourth-order valence-corrected chi connectivity index (χ4v) is 4.73. The molecule has 0 aliphatic carbocycles. The fraction of sp³-hybridized carbons (Fsp3) is 0.136. The van der Waals surface area contributed by atoms with Crippen molar-refractivity contribution >= 4 is 55.5 Å². The number of aromatic nitrogens is 1. The van der Waals surface area contributed by atoms with E-state index in [1.807, 2.05) is 43.5 Å². The lowest BCUT2D eigenvalue weighted by atomic mass is 10.2. The number of hydrogen-bond acceptors (Lipinski definition) is 5. The van der Waals surface area contributed by atoms with Crippen molar-refractivity contribution in [3.05, 3.63) is 76.0 Å². The molecule has 2 heterocycles. The number of fused-ring (bicyclic) bond motifs is 1. The predicted octanol–water partition coefficient (Wildman–Crippen LogP) is 5.59. The summed E-state index contributed by atoms with van der Waals surface area (Å²) in [7, 11) is 0. The van der Waals surface area contributed by atoms with Gasteiger partial charge in [0.1, 0.15) is 0 Å². The van der Waals surface area contributed by atoms with Crippen LogP contribution in [0.4, 0.5) is 10.8 Å². The summed E-state index contributed by atoms with van der Waals surface area (Å²) in [5, 5.41) is 5.40. The third-order valence-electron chi connectivity index (χ3n) is 4.54. The summed E-state index contributed by atoms with van der Waals surface area (Å²) in [5.74, 6) is -0.264. The summed E-state index contributed by atoms with van der Waals surface area (Å²) in [5.41, 5.74) is 3.24. The fourth-order valence-electron chi connectivity index (χ4n) is 3.01. The van der Waals surface area contributed by atoms with Crippen LogP contribution in [0.15, 0.2) is 60.0 Å². The molecule has 5 nitrogen and oxygen atoms in total. The number of nitrogens with zero attached hydrogens (tertiary/aromatic N) is 2. The van der Waals surface area contributed by atoms with Crippen LogP contribution in [-0.4, -0.2) is 23.3 Å². The van der Waals surface area contributed by atoms with E-state index >= 15 is 0 Å². The number of hydrogen-bond donors (Lipinski definition) is 1. The molecule has 0 aliphatic heterocycles. The summed E-state index contributed by atoms with van der Waals surface area (Å²) in [4.78, 5) is 32.2. The van der Waals surface area contributed by atoms with E-state index in [1.165, 1.54) is 22.7 Å². The standard InChI is InChI=1S/C22H19N3O2S2/c1-3-25(22-24-19-14(2)6-4-7-17(19)29-22)21(27)15-9-11-16(12-10-15)23-20(26)18-8-5-13-28-18/h4-13H,3H2,1-2H3,(H,23,26). The lowest BCUT2D eigenvalue weighted by Crippen LogP contribution is -2.30. The highest BCUT2D eigenvalue weighted by Gasteiger charge is 2.20. The van der Waals surface area contributed by atoms with E-state index < -0.39 is 0 Å². The number of aryl methyl sites for hydroxylation is 1. The summed E-state index contributed by atoms with van der Waals surface area (Å²) in [6.07, 6.45) is 0. The smallest absolute Gasteiger partial charge is 0.265 e. The Morgan fingerprint density at radius 1 is 1.07 bits per heavy atom. The molecular formula is C22H19N3O2S2. The maximum atomic E-state index is 13.1. The number of amides is 2. The zero-order valence-corrected chi connectivity index (χ0v) is 17.6. The van der Waals surface area contributed by atoms with Gasteiger partial charge >= 0.3 is 0 Å². The third-order valence-corrected chi connectivity index (χ3v) is 6.45. The van der Waals surface area contributed by atoms with Crippen LogP contribution in [0.25, 0.3) is 10.2 Å². The van der Waals surface area contributed by atoms with E-state index in [4.69, 9.17) is 0 Å². The van der Waals surface area contributed by atoms with Gasteiger partial charge in [0.05, 0.1) is 15.1 Å². The Kier molecular flexibility index (Phi) is 5.42. The molecule has 0 atom stereocenters. The van der Waals surface area contributed by atoms with E-state index in [2.05, 4.69) is 10.3 Å². The molecule has 2 aromatic heterocycles. The zero-order valence-electron chi connectivity index (χ0n) is 16.0. The number of thiazole rings is 1. The Balaban J connectivity index is 1.54. The third kappa shape index (κ3) is 3.92. The second-order valence-electron chi connectivity index (χ2n) is 6.48. The van der Waals surface area contributed by atoms with Gasteiger partial charge in [-0.2, -0.15) is 0 Å². The van der Waals surface area contributed by atoms with Crippen molar-refractivity contribution in [2.24, 2.45) is 0 Å². The van der Waals surface area contributed by atoms with Gasteiger partial charge in [-0.3, -0.25) is 14.5 Å². The van der Waals surface area contributed by atoms with Crippen LogP contribution in [0, 0.1) is 6.92 Å². The minimum Gasteiger partial charge on any atom is -0.321 e. The number of anilines is 2. The first-order valence-corrected chi connectivity index (χ1v) is 10.9. The van der Waals surface area contributed by atoms with Crippen molar-refractivity contribution in [3.8, 4) is 0 Å². The topological polar surface area (TPSA) is 62.3 Å². The summed E-state index contributed by atoms with van der Waals surface area (Å²) < 4.78 is 1.07. The average molecular weight is 422 g/mol. The van der Waals surface area contributed by atoms with Crippen LogP contribution >= 0.6 is 22.7 Å². The second kappa shape index (κ2) is 8.14. The van der Waals surface area contributed by atoms with Crippen LogP contribution in [0.5, 0.6) is 0 Å². The molecule has 0 aliphatic rings. The minimum atomic E-state index is -0.154. The molecule has 1 N–H and O–H groups in total.